The second-order valence-corrected chi connectivity index (χ2v) is 8.03. The molecule has 1 aromatic heterocycles. The Morgan fingerprint density at radius 1 is 1.10 bits per heavy atom. The zero-order valence-electron chi connectivity index (χ0n) is 17.3. The number of rotatable bonds is 5. The first-order valence-corrected chi connectivity index (χ1v) is 10.9. The Hall–Kier alpha value is -3.51. The molecule has 1 unspecified atom stereocenters. The maximum absolute atomic E-state index is 13.3. The minimum Gasteiger partial charge on any atom is -0.463 e. The summed E-state index contributed by atoms with van der Waals surface area (Å²) in [6.45, 7) is 3.80. The monoisotopic (exact) mass is 430 g/mol. The van der Waals surface area contributed by atoms with Gasteiger partial charge in [-0.3, -0.25) is 9.36 Å². The zero-order valence-corrected chi connectivity index (χ0v) is 18.1. The van der Waals surface area contributed by atoms with E-state index in [0.29, 0.717) is 20.6 Å². The molecule has 6 heteroatoms. The highest BCUT2D eigenvalue weighted by molar-refractivity contribution is 7.07. The van der Waals surface area contributed by atoms with Crippen LogP contribution in [0.25, 0.3) is 12.2 Å². The number of aromatic nitrogens is 1. The molecule has 0 saturated heterocycles. The molecular weight excluding hydrogens is 408 g/mol. The molecular formula is C25H22N2O3S. The van der Waals surface area contributed by atoms with E-state index in [1.807, 2.05) is 78.9 Å². The number of allylic oxidation sites excluding steroid dienone is 2. The molecule has 0 N–H and O–H groups in total. The van der Waals surface area contributed by atoms with Crippen LogP contribution in [0.4, 0.5) is 0 Å². The molecule has 1 aliphatic heterocycles. The molecule has 5 nitrogen and oxygen atoms in total. The minimum atomic E-state index is -0.589. The average Bonchev–Trinajstić information content (AvgIpc) is 3.08. The minimum absolute atomic E-state index is 0.176. The normalized spacial score (nSPS) is 16.3. The molecule has 0 saturated carbocycles. The molecule has 0 aliphatic carbocycles. The van der Waals surface area contributed by atoms with E-state index in [1.54, 1.807) is 18.4 Å². The van der Waals surface area contributed by atoms with Crippen molar-refractivity contribution >= 4 is 29.5 Å². The van der Waals surface area contributed by atoms with Gasteiger partial charge in [-0.15, -0.1) is 0 Å². The first-order valence-electron chi connectivity index (χ1n) is 10.1. The quantitative estimate of drug-likeness (QED) is 0.583. The SMILES string of the molecule is CCOC(=O)C1=C(C)N=c2s/c(=C\c3ccccc3)c(=O)n2C1/C=C/c1ccccc1. The number of benzene rings is 2. The summed E-state index contributed by atoms with van der Waals surface area (Å²) in [5, 5.41) is 0. The third-order valence-electron chi connectivity index (χ3n) is 4.93. The number of thiazole rings is 1. The Morgan fingerprint density at radius 3 is 2.39 bits per heavy atom. The Bertz CT molecular complexity index is 1330. The van der Waals surface area contributed by atoms with Crippen molar-refractivity contribution in [2.75, 3.05) is 6.61 Å². The highest BCUT2D eigenvalue weighted by Gasteiger charge is 2.30. The number of fused-ring (bicyclic) bond motifs is 1. The van der Waals surface area contributed by atoms with Gasteiger partial charge in [0, 0.05) is 0 Å². The van der Waals surface area contributed by atoms with E-state index in [1.165, 1.54) is 11.3 Å². The first-order chi connectivity index (χ1) is 15.1. The van der Waals surface area contributed by atoms with Crippen LogP contribution in [-0.2, 0) is 9.53 Å². The summed E-state index contributed by atoms with van der Waals surface area (Å²) in [5.74, 6) is -0.455. The van der Waals surface area contributed by atoms with E-state index < -0.39 is 12.0 Å². The fraction of sp³-hybridized carbons (Fsp3) is 0.160. The molecule has 0 radical (unpaired) electrons. The predicted octanol–water partition coefficient (Wildman–Crippen LogP) is 3.46. The van der Waals surface area contributed by atoms with Crippen molar-refractivity contribution in [2.45, 2.75) is 19.9 Å². The molecule has 2 heterocycles. The number of nitrogens with zero attached hydrogens (tertiary/aromatic N) is 2. The molecule has 1 atom stereocenters. The van der Waals surface area contributed by atoms with Gasteiger partial charge in [-0.1, -0.05) is 84.2 Å². The second kappa shape index (κ2) is 9.10. The lowest BCUT2D eigenvalue weighted by molar-refractivity contribution is -0.139. The molecule has 0 spiro atoms. The van der Waals surface area contributed by atoms with E-state index in [-0.39, 0.29) is 12.2 Å². The second-order valence-electron chi connectivity index (χ2n) is 7.03. The van der Waals surface area contributed by atoms with E-state index in [9.17, 15) is 9.59 Å². The molecule has 31 heavy (non-hydrogen) atoms. The van der Waals surface area contributed by atoms with Crippen LogP contribution in [0.15, 0.2) is 87.8 Å². The lowest BCUT2D eigenvalue weighted by Gasteiger charge is -2.21. The Labute approximate surface area is 184 Å². The van der Waals surface area contributed by atoms with Crippen molar-refractivity contribution in [1.29, 1.82) is 0 Å². The topological polar surface area (TPSA) is 60.7 Å². The highest BCUT2D eigenvalue weighted by atomic mass is 32.1. The van der Waals surface area contributed by atoms with E-state index in [4.69, 9.17) is 4.74 Å². The predicted molar refractivity (Wildman–Crippen MR) is 123 cm³/mol. The Morgan fingerprint density at radius 2 is 1.74 bits per heavy atom. The van der Waals surface area contributed by atoms with Crippen LogP contribution < -0.4 is 14.9 Å². The number of ether oxygens (including phenoxy) is 1. The largest absolute Gasteiger partial charge is 0.463 e. The van der Waals surface area contributed by atoms with Crippen LogP contribution >= 0.6 is 11.3 Å². The molecule has 1 aliphatic rings. The maximum atomic E-state index is 13.3. The molecule has 2 aromatic carbocycles. The van der Waals surface area contributed by atoms with Gasteiger partial charge in [0.2, 0.25) is 0 Å². The average molecular weight is 431 g/mol. The number of carbonyl (C=O) groups is 1. The van der Waals surface area contributed by atoms with Crippen molar-refractivity contribution in [1.82, 2.24) is 4.57 Å². The number of hydrogen-bond donors (Lipinski definition) is 0. The van der Waals surface area contributed by atoms with Crippen molar-refractivity contribution < 1.29 is 9.53 Å². The van der Waals surface area contributed by atoms with Crippen LogP contribution in [0.5, 0.6) is 0 Å². The molecule has 0 fully saturated rings. The molecule has 156 valence electrons. The van der Waals surface area contributed by atoms with Gasteiger partial charge in [-0.05, 0) is 31.1 Å². The Balaban J connectivity index is 1.88. The number of carbonyl (C=O) groups excluding carboxylic acids is 1. The summed E-state index contributed by atoms with van der Waals surface area (Å²) >= 11 is 1.32. The van der Waals surface area contributed by atoms with Crippen LogP contribution in [0.3, 0.4) is 0 Å². The van der Waals surface area contributed by atoms with Crippen LogP contribution in [0, 0.1) is 0 Å². The molecule has 4 rings (SSSR count). The third kappa shape index (κ3) is 4.34. The first kappa shape index (κ1) is 20.8. The highest BCUT2D eigenvalue weighted by Crippen LogP contribution is 2.26. The third-order valence-corrected chi connectivity index (χ3v) is 5.91. The van der Waals surface area contributed by atoms with E-state index >= 15 is 0 Å². The van der Waals surface area contributed by atoms with Gasteiger partial charge >= 0.3 is 5.97 Å². The Kier molecular flexibility index (Phi) is 6.09. The lowest BCUT2D eigenvalue weighted by Crippen LogP contribution is -2.38. The fourth-order valence-corrected chi connectivity index (χ4v) is 4.54. The van der Waals surface area contributed by atoms with Crippen LogP contribution in [0.2, 0.25) is 0 Å². The zero-order chi connectivity index (χ0) is 21.8. The summed E-state index contributed by atoms with van der Waals surface area (Å²) in [7, 11) is 0. The summed E-state index contributed by atoms with van der Waals surface area (Å²) in [4.78, 5) is 31.2. The maximum Gasteiger partial charge on any atom is 0.338 e. The van der Waals surface area contributed by atoms with Crippen LogP contribution in [-0.4, -0.2) is 17.1 Å². The molecule has 0 bridgehead atoms. The van der Waals surface area contributed by atoms with Crippen molar-refractivity contribution in [3.63, 3.8) is 0 Å². The standard InChI is InChI=1S/C25H22N2O3S/c1-3-30-24(29)22-17(2)26-25-27(20(22)15-14-18-10-6-4-7-11-18)23(28)21(31-25)16-19-12-8-5-9-13-19/h4-16,20H,3H2,1-2H3/b15-14+,21-16-. The smallest absolute Gasteiger partial charge is 0.338 e. The van der Waals surface area contributed by atoms with E-state index in [0.717, 1.165) is 11.1 Å². The van der Waals surface area contributed by atoms with Gasteiger partial charge < -0.3 is 4.74 Å². The fourth-order valence-electron chi connectivity index (χ4n) is 3.48. The summed E-state index contributed by atoms with van der Waals surface area (Å²) in [5.41, 5.74) is 2.68. The molecule has 3 aromatic rings. The van der Waals surface area contributed by atoms with Gasteiger partial charge in [-0.25, -0.2) is 9.79 Å². The number of hydrogen-bond acceptors (Lipinski definition) is 5. The van der Waals surface area contributed by atoms with Crippen LogP contribution in [0.1, 0.15) is 31.0 Å². The van der Waals surface area contributed by atoms with Crippen molar-refractivity contribution in [2.24, 2.45) is 4.99 Å². The van der Waals surface area contributed by atoms with Gasteiger partial charge in [0.05, 0.1) is 28.5 Å². The summed E-state index contributed by atoms with van der Waals surface area (Å²) < 4.78 is 7.43. The summed E-state index contributed by atoms with van der Waals surface area (Å²) in [6.07, 6.45) is 5.63. The molecule has 0 amide bonds. The van der Waals surface area contributed by atoms with Gasteiger partial charge in [0.15, 0.2) is 4.80 Å². The lowest BCUT2D eigenvalue weighted by atomic mass is 10.0. The van der Waals surface area contributed by atoms with Gasteiger partial charge in [-0.2, -0.15) is 0 Å². The van der Waals surface area contributed by atoms with Gasteiger partial charge in [0.1, 0.15) is 0 Å². The van der Waals surface area contributed by atoms with Gasteiger partial charge in [0.25, 0.3) is 5.56 Å². The van der Waals surface area contributed by atoms with E-state index in [2.05, 4.69) is 4.99 Å². The van der Waals surface area contributed by atoms with Crippen molar-refractivity contribution in [3.05, 3.63) is 109 Å². The summed E-state index contributed by atoms with van der Waals surface area (Å²) in [6, 6.07) is 18.9. The number of esters is 1. The van der Waals surface area contributed by atoms with Crippen molar-refractivity contribution in [3.8, 4) is 0 Å².